The maximum atomic E-state index is 12.9. The Kier molecular flexibility index (Phi) is 5.97. The molecule has 168 valence electrons. The minimum atomic E-state index is -0.213. The van der Waals surface area contributed by atoms with Crippen molar-refractivity contribution in [2.75, 3.05) is 13.1 Å². The van der Waals surface area contributed by atoms with Crippen molar-refractivity contribution in [3.63, 3.8) is 0 Å². The van der Waals surface area contributed by atoms with Crippen LogP contribution in [0.3, 0.4) is 0 Å². The maximum Gasteiger partial charge on any atom is 0.318 e. The predicted octanol–water partition coefficient (Wildman–Crippen LogP) is 6.08. The smallest absolute Gasteiger partial charge is 0.318 e. The van der Waals surface area contributed by atoms with Gasteiger partial charge in [0.1, 0.15) is 12.4 Å². The van der Waals surface area contributed by atoms with E-state index in [0.29, 0.717) is 24.7 Å². The van der Waals surface area contributed by atoms with Crippen LogP contribution >= 0.6 is 11.6 Å². The number of nitrogens with one attached hydrogen (secondary N) is 2. The fourth-order valence-corrected chi connectivity index (χ4v) is 4.74. The third-order valence-electron chi connectivity index (χ3n) is 6.12. The van der Waals surface area contributed by atoms with Crippen LogP contribution in [0.15, 0.2) is 72.8 Å². The van der Waals surface area contributed by atoms with Gasteiger partial charge in [-0.05, 0) is 60.4 Å². The molecule has 1 atom stereocenters. The number of fused-ring (bicyclic) bond motifs is 3. The van der Waals surface area contributed by atoms with Crippen molar-refractivity contribution in [2.24, 2.45) is 0 Å². The quantitative estimate of drug-likeness (QED) is 0.380. The molecule has 0 radical (unpaired) electrons. The molecule has 33 heavy (non-hydrogen) atoms. The summed E-state index contributed by atoms with van der Waals surface area (Å²) in [4.78, 5) is 18.4. The Bertz CT molecular complexity index is 1270. The van der Waals surface area contributed by atoms with E-state index >= 15 is 0 Å². The number of amides is 2. The first kappa shape index (κ1) is 21.4. The van der Waals surface area contributed by atoms with Crippen LogP contribution < -0.4 is 10.1 Å². The van der Waals surface area contributed by atoms with Crippen molar-refractivity contribution in [1.29, 1.82) is 0 Å². The maximum absolute atomic E-state index is 12.9. The average Bonchev–Trinajstić information content (AvgIpc) is 3.21. The van der Waals surface area contributed by atoms with E-state index in [-0.39, 0.29) is 12.1 Å². The van der Waals surface area contributed by atoms with Gasteiger partial charge in [0.05, 0.1) is 6.04 Å². The molecule has 0 aliphatic carbocycles. The normalized spacial score (nSPS) is 15.3. The number of aromatic nitrogens is 1. The number of rotatable bonds is 5. The highest BCUT2D eigenvalue weighted by molar-refractivity contribution is 6.31. The van der Waals surface area contributed by atoms with E-state index in [1.165, 1.54) is 5.56 Å². The molecule has 0 saturated heterocycles. The van der Waals surface area contributed by atoms with Gasteiger partial charge in [-0.15, -0.1) is 0 Å². The Morgan fingerprint density at radius 1 is 1.12 bits per heavy atom. The standard InChI is InChI=1S/C27H26ClN3O2/c1-2-29-27(32)31-15-14-22-23-16-20(28)10-13-24(23)30-25(22)26(31)19-8-11-21(12-9-19)33-17-18-6-4-3-5-7-18/h3-13,16,26,30H,2,14-15,17H2,1H3,(H,29,32). The van der Waals surface area contributed by atoms with Crippen molar-refractivity contribution in [3.8, 4) is 5.75 Å². The molecule has 6 heteroatoms. The van der Waals surface area contributed by atoms with Crippen LogP contribution in [0.1, 0.15) is 35.3 Å². The molecule has 0 spiro atoms. The number of ether oxygens (including phenoxy) is 1. The summed E-state index contributed by atoms with van der Waals surface area (Å²) in [6.45, 7) is 3.67. The molecule has 5 nitrogen and oxygen atoms in total. The first-order valence-corrected chi connectivity index (χ1v) is 11.6. The summed E-state index contributed by atoms with van der Waals surface area (Å²) < 4.78 is 5.96. The summed E-state index contributed by atoms with van der Waals surface area (Å²) in [5, 5.41) is 4.81. The molecule has 2 N–H and O–H groups in total. The zero-order valence-electron chi connectivity index (χ0n) is 18.5. The topological polar surface area (TPSA) is 57.4 Å². The van der Waals surface area contributed by atoms with E-state index < -0.39 is 0 Å². The first-order valence-electron chi connectivity index (χ1n) is 11.2. The highest BCUT2D eigenvalue weighted by atomic mass is 35.5. The van der Waals surface area contributed by atoms with Crippen LogP contribution in [0.2, 0.25) is 5.02 Å². The highest BCUT2D eigenvalue weighted by Gasteiger charge is 2.34. The molecule has 0 fully saturated rings. The van der Waals surface area contributed by atoms with Gasteiger partial charge in [-0.25, -0.2) is 4.79 Å². The van der Waals surface area contributed by atoms with E-state index in [9.17, 15) is 4.79 Å². The van der Waals surface area contributed by atoms with E-state index in [1.54, 1.807) is 0 Å². The minimum Gasteiger partial charge on any atom is -0.489 e. The summed E-state index contributed by atoms with van der Waals surface area (Å²) in [6, 6.07) is 23.8. The molecule has 5 rings (SSSR count). The fraction of sp³-hybridized carbons (Fsp3) is 0.222. The van der Waals surface area contributed by atoms with Crippen molar-refractivity contribution in [2.45, 2.75) is 26.0 Å². The molecule has 1 aromatic heterocycles. The molecular weight excluding hydrogens is 434 g/mol. The first-order chi connectivity index (χ1) is 16.1. The average molecular weight is 460 g/mol. The second-order valence-electron chi connectivity index (χ2n) is 8.23. The molecule has 3 aromatic carbocycles. The van der Waals surface area contributed by atoms with Gasteiger partial charge in [-0.2, -0.15) is 0 Å². The van der Waals surface area contributed by atoms with Crippen LogP contribution in [0.4, 0.5) is 4.79 Å². The van der Waals surface area contributed by atoms with Crippen LogP contribution in [0.25, 0.3) is 10.9 Å². The van der Waals surface area contributed by atoms with Gasteiger partial charge in [0.15, 0.2) is 0 Å². The van der Waals surface area contributed by atoms with Gasteiger partial charge in [0, 0.05) is 34.7 Å². The molecule has 0 bridgehead atoms. The number of halogens is 1. The molecule has 2 amide bonds. The number of hydrogen-bond acceptors (Lipinski definition) is 2. The van der Waals surface area contributed by atoms with E-state index in [2.05, 4.69) is 10.3 Å². The lowest BCUT2D eigenvalue weighted by Crippen LogP contribution is -2.46. The van der Waals surface area contributed by atoms with Gasteiger partial charge in [-0.1, -0.05) is 54.1 Å². The molecule has 0 saturated carbocycles. The largest absolute Gasteiger partial charge is 0.489 e. The SMILES string of the molecule is CCNC(=O)N1CCc2c([nH]c3ccc(Cl)cc23)C1c1ccc(OCc2ccccc2)cc1. The third kappa shape index (κ3) is 4.29. The summed E-state index contributed by atoms with van der Waals surface area (Å²) >= 11 is 6.28. The molecule has 4 aromatic rings. The Morgan fingerprint density at radius 3 is 2.67 bits per heavy atom. The third-order valence-corrected chi connectivity index (χ3v) is 6.36. The molecule has 1 aliphatic heterocycles. The number of urea groups is 1. The van der Waals surface area contributed by atoms with Crippen LogP contribution in [-0.4, -0.2) is 29.0 Å². The van der Waals surface area contributed by atoms with Crippen molar-refractivity contribution in [3.05, 3.63) is 100 Å². The van der Waals surface area contributed by atoms with Crippen molar-refractivity contribution in [1.82, 2.24) is 15.2 Å². The number of H-pyrrole nitrogens is 1. The van der Waals surface area contributed by atoms with E-state index in [4.69, 9.17) is 16.3 Å². The van der Waals surface area contributed by atoms with Gasteiger partial charge in [0.25, 0.3) is 0 Å². The molecular formula is C27H26ClN3O2. The lowest BCUT2D eigenvalue weighted by molar-refractivity contribution is 0.180. The lowest BCUT2D eigenvalue weighted by Gasteiger charge is -2.36. The van der Waals surface area contributed by atoms with Gasteiger partial charge >= 0.3 is 6.03 Å². The monoisotopic (exact) mass is 459 g/mol. The summed E-state index contributed by atoms with van der Waals surface area (Å²) in [5.74, 6) is 0.798. The number of hydrogen-bond donors (Lipinski definition) is 2. The number of carbonyl (C=O) groups is 1. The predicted molar refractivity (Wildman–Crippen MR) is 132 cm³/mol. The Hall–Kier alpha value is -3.44. The van der Waals surface area contributed by atoms with E-state index in [0.717, 1.165) is 39.9 Å². The number of benzene rings is 3. The summed E-state index contributed by atoms with van der Waals surface area (Å²) in [6.07, 6.45) is 0.779. The van der Waals surface area contributed by atoms with Crippen LogP contribution in [0, 0.1) is 0 Å². The summed E-state index contributed by atoms with van der Waals surface area (Å²) in [7, 11) is 0. The Labute approximate surface area is 198 Å². The second kappa shape index (κ2) is 9.20. The van der Waals surface area contributed by atoms with Crippen molar-refractivity contribution < 1.29 is 9.53 Å². The zero-order chi connectivity index (χ0) is 22.8. The number of carbonyl (C=O) groups excluding carboxylic acids is 1. The molecule has 1 aliphatic rings. The summed E-state index contributed by atoms with van der Waals surface area (Å²) in [5.41, 5.74) is 5.46. The second-order valence-corrected chi connectivity index (χ2v) is 8.67. The van der Waals surface area contributed by atoms with Crippen LogP contribution in [0.5, 0.6) is 5.75 Å². The molecule has 2 heterocycles. The lowest BCUT2D eigenvalue weighted by atomic mass is 9.92. The Morgan fingerprint density at radius 2 is 1.91 bits per heavy atom. The fourth-order valence-electron chi connectivity index (χ4n) is 4.57. The number of aromatic amines is 1. The zero-order valence-corrected chi connectivity index (χ0v) is 19.2. The minimum absolute atomic E-state index is 0.0609. The molecule has 1 unspecified atom stereocenters. The van der Waals surface area contributed by atoms with Crippen LogP contribution in [-0.2, 0) is 13.0 Å². The highest BCUT2D eigenvalue weighted by Crippen LogP contribution is 2.39. The van der Waals surface area contributed by atoms with E-state index in [1.807, 2.05) is 84.6 Å². The van der Waals surface area contributed by atoms with Gasteiger partial charge < -0.3 is 19.9 Å². The van der Waals surface area contributed by atoms with Crippen molar-refractivity contribution >= 4 is 28.5 Å². The number of nitrogens with zero attached hydrogens (tertiary/aromatic N) is 1. The van der Waals surface area contributed by atoms with Gasteiger partial charge in [-0.3, -0.25) is 0 Å². The van der Waals surface area contributed by atoms with Gasteiger partial charge in [0.2, 0.25) is 0 Å². The Balaban J connectivity index is 1.48.